The van der Waals surface area contributed by atoms with E-state index in [1.807, 2.05) is 13.8 Å². The highest BCUT2D eigenvalue weighted by Gasteiger charge is 2.71. The summed E-state index contributed by atoms with van der Waals surface area (Å²) >= 11 is 0. The van der Waals surface area contributed by atoms with Gasteiger partial charge in [0.25, 0.3) is 0 Å². The number of carbonyl (C=O) groups is 3. The Kier molecular flexibility index (Phi) is 10.2. The number of carboxylic acids is 1. The molecule has 0 spiro atoms. The van der Waals surface area contributed by atoms with Crippen molar-refractivity contribution in [2.75, 3.05) is 0 Å². The van der Waals surface area contributed by atoms with Crippen molar-refractivity contribution in [2.45, 2.75) is 183 Å². The van der Waals surface area contributed by atoms with Crippen molar-refractivity contribution in [3.05, 3.63) is 12.2 Å². The number of hydrogen-bond acceptors (Lipinski definition) is 5. The lowest BCUT2D eigenvalue weighted by Gasteiger charge is -2.73. The molecule has 6 fully saturated rings. The van der Waals surface area contributed by atoms with Crippen molar-refractivity contribution in [2.24, 2.45) is 67.8 Å². The lowest BCUT2D eigenvalue weighted by atomic mass is 9.32. The number of fused-ring (bicyclic) bond motifs is 7. The SMILES string of the molecule is C=C(C)C1CCC2(CC(=O)NC3CCC(N)CC3)CCC3(C)C(CCC4C5(C)CCC(OC(=O)CC(C)(C)CC(=O)O)C(C)(C)C5CCC43C)C12. The van der Waals surface area contributed by atoms with E-state index in [9.17, 15) is 19.5 Å². The van der Waals surface area contributed by atoms with Crippen LogP contribution >= 0.6 is 0 Å². The Morgan fingerprint density at radius 2 is 1.51 bits per heavy atom. The summed E-state index contributed by atoms with van der Waals surface area (Å²) in [4.78, 5) is 38.5. The van der Waals surface area contributed by atoms with Gasteiger partial charge >= 0.3 is 11.9 Å². The Labute approximate surface area is 309 Å². The van der Waals surface area contributed by atoms with Crippen LogP contribution in [0.4, 0.5) is 0 Å². The summed E-state index contributed by atoms with van der Waals surface area (Å²) in [5, 5.41) is 12.8. The number of aliphatic carboxylic acids is 1. The molecule has 10 atom stereocenters. The molecule has 0 aromatic rings. The second-order valence-electron chi connectivity index (χ2n) is 21.2. The van der Waals surface area contributed by atoms with Gasteiger partial charge in [-0.3, -0.25) is 14.4 Å². The van der Waals surface area contributed by atoms with Crippen molar-refractivity contribution in [3.8, 4) is 0 Å². The van der Waals surface area contributed by atoms with Gasteiger partial charge in [-0.25, -0.2) is 0 Å². The normalized spacial score (nSPS) is 44.6. The maximum absolute atomic E-state index is 13.9. The van der Waals surface area contributed by atoms with Gasteiger partial charge in [0.15, 0.2) is 0 Å². The molecule has 0 heterocycles. The summed E-state index contributed by atoms with van der Waals surface area (Å²) in [5.74, 6) is 1.79. The molecule has 6 rings (SSSR count). The van der Waals surface area contributed by atoms with Gasteiger partial charge < -0.3 is 20.9 Å². The first kappa shape index (κ1) is 38.8. The number of carboxylic acid groups (broad SMARTS) is 1. The summed E-state index contributed by atoms with van der Waals surface area (Å²) in [6, 6.07) is 0.557. The second-order valence-corrected chi connectivity index (χ2v) is 21.2. The highest BCUT2D eigenvalue weighted by atomic mass is 16.5. The van der Waals surface area contributed by atoms with Gasteiger partial charge in [0, 0.05) is 23.9 Å². The molecule has 51 heavy (non-hydrogen) atoms. The van der Waals surface area contributed by atoms with Crippen molar-refractivity contribution >= 4 is 17.8 Å². The number of carbonyl (C=O) groups excluding carboxylic acids is 2. The predicted molar refractivity (Wildman–Crippen MR) is 202 cm³/mol. The van der Waals surface area contributed by atoms with Crippen molar-refractivity contribution in [1.29, 1.82) is 0 Å². The van der Waals surface area contributed by atoms with Gasteiger partial charge in [0.05, 0.1) is 12.8 Å². The average molecular weight is 709 g/mol. The van der Waals surface area contributed by atoms with Crippen LogP contribution in [0.5, 0.6) is 0 Å². The first-order valence-corrected chi connectivity index (χ1v) is 20.8. The first-order valence-electron chi connectivity index (χ1n) is 20.8. The number of nitrogens with two attached hydrogens (primary N) is 1. The number of rotatable bonds is 9. The molecule has 0 aromatic heterocycles. The summed E-state index contributed by atoms with van der Waals surface area (Å²) in [6.07, 6.45) is 16.0. The number of ether oxygens (including phenoxy) is 1. The standard InChI is InChI=1S/C44H72N2O5/c1-27(2)30-16-21-44(24-35(47)46-29-12-10-28(45)11-13-29)23-22-42(8)31(38(30)44)14-15-33-41(7)19-18-34(40(5,6)32(41)17-20-43(33,42)9)51-37(50)26-39(3,4)25-36(48)49/h28-34,38H,1,10-26,45H2,2-9H3,(H,46,47)(H,48,49). The number of hydrogen-bond donors (Lipinski definition) is 3. The van der Waals surface area contributed by atoms with Gasteiger partial charge in [0.1, 0.15) is 6.10 Å². The van der Waals surface area contributed by atoms with Gasteiger partial charge in [-0.05, 0) is 153 Å². The number of amides is 1. The Balaban J connectivity index is 1.21. The third-order valence-electron chi connectivity index (χ3n) is 17.4. The molecular formula is C44H72N2O5. The minimum Gasteiger partial charge on any atom is -0.481 e. The van der Waals surface area contributed by atoms with Crippen LogP contribution < -0.4 is 11.1 Å². The van der Waals surface area contributed by atoms with Crippen LogP contribution in [0.1, 0.15) is 165 Å². The van der Waals surface area contributed by atoms with Crippen molar-refractivity contribution in [1.82, 2.24) is 5.32 Å². The van der Waals surface area contributed by atoms with Crippen LogP contribution in [0.25, 0.3) is 0 Å². The zero-order chi connectivity index (χ0) is 37.4. The van der Waals surface area contributed by atoms with E-state index in [-0.39, 0.29) is 70.0 Å². The Bertz CT molecular complexity index is 1380. The Hall–Kier alpha value is -1.89. The summed E-state index contributed by atoms with van der Waals surface area (Å²) in [7, 11) is 0. The minimum absolute atomic E-state index is 0.0464. The lowest BCUT2D eigenvalue weighted by molar-refractivity contribution is -0.250. The molecule has 10 unspecified atom stereocenters. The van der Waals surface area contributed by atoms with Gasteiger partial charge in [0.2, 0.25) is 5.91 Å². The number of esters is 1. The summed E-state index contributed by atoms with van der Waals surface area (Å²) < 4.78 is 6.28. The lowest BCUT2D eigenvalue weighted by Crippen LogP contribution is -2.67. The van der Waals surface area contributed by atoms with Crippen LogP contribution in [0, 0.1) is 62.1 Å². The van der Waals surface area contributed by atoms with Gasteiger partial charge in [-0.15, -0.1) is 0 Å². The Morgan fingerprint density at radius 1 is 0.824 bits per heavy atom. The smallest absolute Gasteiger partial charge is 0.306 e. The van der Waals surface area contributed by atoms with Gasteiger partial charge in [-0.2, -0.15) is 0 Å². The summed E-state index contributed by atoms with van der Waals surface area (Å²) in [6.45, 7) is 23.1. The van der Waals surface area contributed by atoms with Crippen LogP contribution in [0.2, 0.25) is 0 Å². The highest BCUT2D eigenvalue weighted by Crippen LogP contribution is 2.78. The number of nitrogens with one attached hydrogen (secondary N) is 1. The third-order valence-corrected chi connectivity index (χ3v) is 17.4. The average Bonchev–Trinajstić information content (AvgIpc) is 3.38. The van der Waals surface area contributed by atoms with E-state index in [0.29, 0.717) is 36.0 Å². The minimum atomic E-state index is -0.881. The molecule has 6 aliphatic carbocycles. The maximum Gasteiger partial charge on any atom is 0.306 e. The van der Waals surface area contributed by atoms with E-state index >= 15 is 0 Å². The van der Waals surface area contributed by atoms with E-state index in [4.69, 9.17) is 10.5 Å². The van der Waals surface area contributed by atoms with E-state index in [1.54, 1.807) is 0 Å². The molecule has 6 saturated carbocycles. The van der Waals surface area contributed by atoms with Crippen LogP contribution in [-0.2, 0) is 19.1 Å². The predicted octanol–water partition coefficient (Wildman–Crippen LogP) is 9.22. The van der Waals surface area contributed by atoms with Crippen LogP contribution in [0.15, 0.2) is 12.2 Å². The van der Waals surface area contributed by atoms with Crippen molar-refractivity contribution in [3.63, 3.8) is 0 Å². The molecule has 0 aliphatic heterocycles. The molecule has 0 bridgehead atoms. The Morgan fingerprint density at radius 3 is 2.16 bits per heavy atom. The number of allylic oxidation sites excluding steroid dienone is 1. The molecule has 0 aromatic carbocycles. The monoisotopic (exact) mass is 709 g/mol. The molecule has 0 radical (unpaired) electrons. The molecule has 6 aliphatic rings. The first-order chi connectivity index (χ1) is 23.7. The quantitative estimate of drug-likeness (QED) is 0.162. The fraction of sp³-hybridized carbons (Fsp3) is 0.886. The van der Waals surface area contributed by atoms with Gasteiger partial charge in [-0.1, -0.05) is 60.6 Å². The fourth-order valence-corrected chi connectivity index (χ4v) is 14.7. The second kappa shape index (κ2) is 13.4. The zero-order valence-corrected chi connectivity index (χ0v) is 33.5. The highest BCUT2D eigenvalue weighted by molar-refractivity contribution is 5.77. The van der Waals surface area contributed by atoms with Crippen LogP contribution in [-0.4, -0.2) is 41.1 Å². The molecule has 288 valence electrons. The molecular weight excluding hydrogens is 636 g/mol. The molecule has 4 N–H and O–H groups in total. The van der Waals surface area contributed by atoms with E-state index in [1.165, 1.54) is 37.7 Å². The van der Waals surface area contributed by atoms with Crippen LogP contribution in [0.3, 0.4) is 0 Å². The molecule has 7 heteroatoms. The maximum atomic E-state index is 13.9. The third kappa shape index (κ3) is 6.64. The largest absolute Gasteiger partial charge is 0.481 e. The van der Waals surface area contributed by atoms with E-state index < -0.39 is 11.4 Å². The summed E-state index contributed by atoms with van der Waals surface area (Å²) in [5.41, 5.74) is 7.34. The molecule has 1 amide bonds. The van der Waals surface area contributed by atoms with Crippen molar-refractivity contribution < 1.29 is 24.2 Å². The van der Waals surface area contributed by atoms with E-state index in [2.05, 4.69) is 53.4 Å². The molecule has 7 nitrogen and oxygen atoms in total. The zero-order valence-electron chi connectivity index (χ0n) is 33.5. The van der Waals surface area contributed by atoms with E-state index in [0.717, 1.165) is 57.8 Å². The fourth-order valence-electron chi connectivity index (χ4n) is 14.7. The molecule has 0 saturated heterocycles. The topological polar surface area (TPSA) is 119 Å².